The Morgan fingerprint density at radius 1 is 0.815 bits per heavy atom. The molecule has 0 saturated heterocycles. The first-order valence-electron chi connectivity index (χ1n) is 8.55. The molecule has 0 saturated carbocycles. The Labute approximate surface area is 173 Å². The first-order chi connectivity index (χ1) is 12.7. The molecule has 1 aliphatic heterocycles. The Morgan fingerprint density at radius 3 is 2.26 bits per heavy atom. The van der Waals surface area contributed by atoms with E-state index in [2.05, 4.69) is 78.3 Å². The van der Waals surface area contributed by atoms with E-state index in [4.69, 9.17) is 11.6 Å². The summed E-state index contributed by atoms with van der Waals surface area (Å²) in [7, 11) is 2.16. The van der Waals surface area contributed by atoms with Gasteiger partial charge in [-0.1, -0.05) is 65.8 Å². The zero-order chi connectivity index (χ0) is 17.7. The van der Waals surface area contributed by atoms with Crippen molar-refractivity contribution >= 4 is 57.4 Å². The average molecular weight is 410 g/mol. The molecule has 3 aromatic rings. The first kappa shape index (κ1) is 18.2. The summed E-state index contributed by atoms with van der Waals surface area (Å²) in [5.41, 5.74) is 3.84. The quantitative estimate of drug-likeness (QED) is 0.289. The third-order valence-electron chi connectivity index (χ3n) is 4.89. The van der Waals surface area contributed by atoms with Crippen LogP contribution in [0, 0.1) is 0 Å². The van der Waals surface area contributed by atoms with Gasteiger partial charge in [0.25, 0.3) is 0 Å². The van der Waals surface area contributed by atoms with Crippen molar-refractivity contribution < 1.29 is 0 Å². The van der Waals surface area contributed by atoms with Crippen molar-refractivity contribution in [2.75, 3.05) is 0 Å². The van der Waals surface area contributed by atoms with Gasteiger partial charge in [0.1, 0.15) is 0 Å². The molecule has 134 valence electrons. The number of aromatic nitrogens is 1. The maximum atomic E-state index is 6.06. The molecule has 0 atom stereocenters. The van der Waals surface area contributed by atoms with Crippen LogP contribution in [0.1, 0.15) is 0 Å². The fourth-order valence-electron chi connectivity index (χ4n) is 3.70. The molecule has 1 aliphatic carbocycles. The van der Waals surface area contributed by atoms with Crippen molar-refractivity contribution in [3.63, 3.8) is 0 Å². The molecule has 0 spiro atoms. The van der Waals surface area contributed by atoms with Gasteiger partial charge in [-0.05, 0) is 47.2 Å². The number of nitrogens with zero attached hydrogens (tertiary/aromatic N) is 1. The number of para-hydroxylation sites is 1. The van der Waals surface area contributed by atoms with Crippen molar-refractivity contribution in [2.24, 2.45) is 7.05 Å². The number of rotatable bonds is 2. The molecule has 1 nitrogen and oxygen atoms in total. The fraction of sp³-hybridized carbons (Fsp3) is 0.0435. The van der Waals surface area contributed by atoms with Crippen LogP contribution >= 0.6 is 35.8 Å². The van der Waals surface area contributed by atoms with Crippen LogP contribution in [-0.2, 0) is 7.05 Å². The second-order valence-corrected chi connectivity index (χ2v) is 7.98. The summed E-state index contributed by atoms with van der Waals surface area (Å²) >= 11 is 7.86. The predicted molar refractivity (Wildman–Crippen MR) is 120 cm³/mol. The lowest BCUT2D eigenvalue weighted by Crippen LogP contribution is -1.98. The predicted octanol–water partition coefficient (Wildman–Crippen LogP) is 7.66. The van der Waals surface area contributed by atoms with Gasteiger partial charge in [0.15, 0.2) is 0 Å². The summed E-state index contributed by atoms with van der Waals surface area (Å²) in [4.78, 5) is 2.50. The summed E-state index contributed by atoms with van der Waals surface area (Å²) in [6.45, 7) is 0. The molecule has 0 fully saturated rings. The second kappa shape index (κ2) is 7.12. The van der Waals surface area contributed by atoms with Crippen LogP contribution in [0.3, 0.4) is 0 Å². The van der Waals surface area contributed by atoms with Crippen LogP contribution in [0.5, 0.6) is 0 Å². The van der Waals surface area contributed by atoms with E-state index in [9.17, 15) is 0 Å². The topological polar surface area (TPSA) is 4.93 Å². The highest BCUT2D eigenvalue weighted by molar-refractivity contribution is 7.99. The summed E-state index contributed by atoms with van der Waals surface area (Å²) in [6, 6.07) is 27.6. The van der Waals surface area contributed by atoms with E-state index in [0.717, 1.165) is 5.02 Å². The second-order valence-electron chi connectivity index (χ2n) is 6.46. The lowest BCUT2D eigenvalue weighted by Gasteiger charge is -2.14. The highest BCUT2D eigenvalue weighted by Gasteiger charge is 2.21. The normalized spacial score (nSPS) is 11.2. The molecule has 27 heavy (non-hydrogen) atoms. The zero-order valence-electron chi connectivity index (χ0n) is 14.6. The third-order valence-corrected chi connectivity index (χ3v) is 6.30. The summed E-state index contributed by atoms with van der Waals surface area (Å²) in [5.74, 6) is 0. The van der Waals surface area contributed by atoms with Gasteiger partial charge in [0.2, 0.25) is 0 Å². The molecule has 0 aromatic heterocycles. The molecule has 0 amide bonds. The summed E-state index contributed by atoms with van der Waals surface area (Å²) in [5, 5.41) is 4.63. The lowest BCUT2D eigenvalue weighted by molar-refractivity contribution is 0.969. The van der Waals surface area contributed by atoms with Gasteiger partial charge in [-0.15, -0.1) is 12.4 Å². The Kier molecular flexibility index (Phi) is 4.81. The first-order valence-corrected chi connectivity index (χ1v) is 9.74. The van der Waals surface area contributed by atoms with Crippen LogP contribution in [0.15, 0.2) is 88.7 Å². The lowest BCUT2D eigenvalue weighted by atomic mass is 10.1. The number of pyridine rings is 1. The SMILES string of the molecule is Cl.Cn1c2c3ccccc3c(Sc3ccc(Cl)cc3)c-2cc2ccccc21. The number of benzene rings is 3. The third kappa shape index (κ3) is 2.98. The Hall–Kier alpha value is -2.13. The van der Waals surface area contributed by atoms with Crippen LogP contribution in [0.25, 0.3) is 32.9 Å². The molecule has 1 heterocycles. The van der Waals surface area contributed by atoms with E-state index in [0.29, 0.717) is 0 Å². The fourth-order valence-corrected chi connectivity index (χ4v) is 4.89. The minimum atomic E-state index is 0. The van der Waals surface area contributed by atoms with Crippen LogP contribution in [0.4, 0.5) is 0 Å². The summed E-state index contributed by atoms with van der Waals surface area (Å²) < 4.78 is 2.32. The highest BCUT2D eigenvalue weighted by Crippen LogP contribution is 2.47. The molecule has 0 N–H and O–H groups in total. The van der Waals surface area contributed by atoms with E-state index in [-0.39, 0.29) is 12.4 Å². The van der Waals surface area contributed by atoms with E-state index in [1.54, 1.807) is 0 Å². The molecule has 0 radical (unpaired) electrons. The van der Waals surface area contributed by atoms with Crippen LogP contribution in [0.2, 0.25) is 5.02 Å². The molecule has 4 heteroatoms. The van der Waals surface area contributed by atoms with Gasteiger partial charge in [-0.25, -0.2) is 0 Å². The number of hydrogen-bond donors (Lipinski definition) is 0. The van der Waals surface area contributed by atoms with Crippen molar-refractivity contribution in [1.82, 2.24) is 4.57 Å². The number of aryl methyl sites for hydroxylation is 1. The largest absolute Gasteiger partial charge is 0.343 e. The van der Waals surface area contributed by atoms with Crippen molar-refractivity contribution in [3.05, 3.63) is 83.9 Å². The smallest absolute Gasteiger partial charge is 0.0573 e. The summed E-state index contributed by atoms with van der Waals surface area (Å²) in [6.07, 6.45) is 0. The van der Waals surface area contributed by atoms with E-state index >= 15 is 0 Å². The molecular formula is C23H17Cl2NS. The standard InChI is InChI=1S/C23H16ClNS.ClH/c1-25-21-9-5-2-6-15(21)14-20-22(25)18-7-3-4-8-19(18)23(20)26-17-12-10-16(24)11-13-17;/h2-14H,1H3;1H. The van der Waals surface area contributed by atoms with Gasteiger partial charge in [-0.3, -0.25) is 0 Å². The highest BCUT2D eigenvalue weighted by atomic mass is 35.5. The van der Waals surface area contributed by atoms with Gasteiger partial charge >= 0.3 is 0 Å². The van der Waals surface area contributed by atoms with Crippen molar-refractivity contribution in [3.8, 4) is 11.3 Å². The van der Waals surface area contributed by atoms with Gasteiger partial charge in [-0.2, -0.15) is 0 Å². The molecule has 3 aromatic carbocycles. The van der Waals surface area contributed by atoms with Gasteiger partial charge < -0.3 is 4.57 Å². The van der Waals surface area contributed by atoms with Crippen molar-refractivity contribution in [2.45, 2.75) is 9.79 Å². The zero-order valence-corrected chi connectivity index (χ0v) is 17.0. The van der Waals surface area contributed by atoms with Crippen LogP contribution < -0.4 is 0 Å². The Morgan fingerprint density at radius 2 is 1.48 bits per heavy atom. The number of fused-ring (bicyclic) bond motifs is 4. The Balaban J connectivity index is 0.00000180. The number of halogens is 2. The van der Waals surface area contributed by atoms with E-state index in [1.165, 1.54) is 42.7 Å². The molecular weight excluding hydrogens is 393 g/mol. The monoisotopic (exact) mass is 409 g/mol. The van der Waals surface area contributed by atoms with Crippen LogP contribution in [-0.4, -0.2) is 4.57 Å². The molecule has 0 bridgehead atoms. The number of hydrogen-bond acceptors (Lipinski definition) is 1. The molecule has 0 unspecified atom stereocenters. The van der Waals surface area contributed by atoms with Gasteiger partial charge in [0, 0.05) is 38.3 Å². The molecule has 2 aliphatic rings. The van der Waals surface area contributed by atoms with Gasteiger partial charge in [0.05, 0.1) is 5.69 Å². The minimum absolute atomic E-state index is 0. The maximum Gasteiger partial charge on any atom is 0.0573 e. The van der Waals surface area contributed by atoms with E-state index in [1.807, 2.05) is 23.9 Å². The Bertz CT molecular complexity index is 1220. The average Bonchev–Trinajstić information content (AvgIpc) is 2.98. The maximum absolute atomic E-state index is 6.06. The molecule has 5 rings (SSSR count). The minimum Gasteiger partial charge on any atom is -0.343 e. The van der Waals surface area contributed by atoms with Crippen molar-refractivity contribution in [1.29, 1.82) is 0 Å². The van der Waals surface area contributed by atoms with E-state index < -0.39 is 0 Å².